The van der Waals surface area contributed by atoms with Crippen LogP contribution in [-0.2, 0) is 6.54 Å². The molecule has 2 heterocycles. The molecule has 0 radical (unpaired) electrons. The second-order valence-electron chi connectivity index (χ2n) is 8.53. The Labute approximate surface area is 172 Å². The SMILES string of the molecule is Cc1cc2cc(C(=O)N(Cc3ccc(C4CC4)cn3)CC(C)C)ccc2nc1N. The monoisotopic (exact) mass is 388 g/mol. The van der Waals surface area contributed by atoms with Crippen LogP contribution in [0.1, 0.15) is 59.8 Å². The standard InChI is InChI=1S/C24H28N4O/c1-15(2)13-28(14-21-8-6-19(12-26-21)17-4-5-17)24(29)18-7-9-22-20(11-18)10-16(3)23(25)27-22/h6-12,15,17H,4-5,13-14H2,1-3H3,(H2,25,27). The van der Waals surface area contributed by atoms with Crippen LogP contribution in [0.15, 0.2) is 42.6 Å². The molecule has 2 N–H and O–H groups in total. The number of hydrogen-bond donors (Lipinski definition) is 1. The fourth-order valence-electron chi connectivity index (χ4n) is 3.66. The van der Waals surface area contributed by atoms with Crippen molar-refractivity contribution in [3.05, 3.63) is 65.0 Å². The van der Waals surface area contributed by atoms with Gasteiger partial charge in [0.15, 0.2) is 0 Å². The van der Waals surface area contributed by atoms with Gasteiger partial charge in [-0.1, -0.05) is 19.9 Å². The average molecular weight is 389 g/mol. The van der Waals surface area contributed by atoms with E-state index in [9.17, 15) is 4.79 Å². The second kappa shape index (κ2) is 7.82. The number of nitrogen functional groups attached to an aromatic ring is 1. The third kappa shape index (κ3) is 4.39. The van der Waals surface area contributed by atoms with Crippen LogP contribution in [0.2, 0.25) is 0 Å². The minimum Gasteiger partial charge on any atom is -0.383 e. The summed E-state index contributed by atoms with van der Waals surface area (Å²) in [6.45, 7) is 7.37. The quantitative estimate of drug-likeness (QED) is 0.664. The van der Waals surface area contributed by atoms with E-state index >= 15 is 0 Å². The van der Waals surface area contributed by atoms with E-state index < -0.39 is 0 Å². The number of aryl methyl sites for hydroxylation is 1. The lowest BCUT2D eigenvalue weighted by atomic mass is 10.1. The van der Waals surface area contributed by atoms with Gasteiger partial charge in [0.05, 0.1) is 17.8 Å². The molecular weight excluding hydrogens is 360 g/mol. The fraction of sp³-hybridized carbons (Fsp3) is 0.375. The first-order valence-corrected chi connectivity index (χ1v) is 10.3. The van der Waals surface area contributed by atoms with Crippen molar-refractivity contribution < 1.29 is 4.79 Å². The minimum atomic E-state index is 0.0168. The average Bonchev–Trinajstić information content (AvgIpc) is 3.53. The Kier molecular flexibility index (Phi) is 5.22. The Bertz CT molecular complexity index is 1040. The Balaban J connectivity index is 1.59. The van der Waals surface area contributed by atoms with Crippen molar-refractivity contribution in [3.8, 4) is 0 Å². The van der Waals surface area contributed by atoms with Crippen LogP contribution < -0.4 is 5.73 Å². The lowest BCUT2D eigenvalue weighted by molar-refractivity contribution is 0.0720. The first kappa shape index (κ1) is 19.4. The van der Waals surface area contributed by atoms with Crippen LogP contribution in [0.4, 0.5) is 5.82 Å². The van der Waals surface area contributed by atoms with Gasteiger partial charge in [-0.25, -0.2) is 4.98 Å². The van der Waals surface area contributed by atoms with Crippen molar-refractivity contribution >= 4 is 22.6 Å². The highest BCUT2D eigenvalue weighted by Gasteiger charge is 2.24. The number of benzene rings is 1. The molecule has 0 atom stereocenters. The molecular formula is C24H28N4O. The molecule has 29 heavy (non-hydrogen) atoms. The lowest BCUT2D eigenvalue weighted by Gasteiger charge is -2.24. The number of aromatic nitrogens is 2. The van der Waals surface area contributed by atoms with E-state index in [0.29, 0.717) is 36.3 Å². The van der Waals surface area contributed by atoms with Crippen LogP contribution in [0.3, 0.4) is 0 Å². The number of pyridine rings is 2. The molecule has 1 saturated carbocycles. The lowest BCUT2D eigenvalue weighted by Crippen LogP contribution is -2.34. The van der Waals surface area contributed by atoms with Gasteiger partial charge in [0.2, 0.25) is 0 Å². The van der Waals surface area contributed by atoms with Crippen molar-refractivity contribution in [3.63, 3.8) is 0 Å². The summed E-state index contributed by atoms with van der Waals surface area (Å²) in [6, 6.07) is 11.8. The zero-order valence-corrected chi connectivity index (χ0v) is 17.4. The molecule has 1 amide bonds. The van der Waals surface area contributed by atoms with Gasteiger partial charge in [-0.3, -0.25) is 9.78 Å². The van der Waals surface area contributed by atoms with Crippen LogP contribution in [0.5, 0.6) is 0 Å². The smallest absolute Gasteiger partial charge is 0.254 e. The number of nitrogens with zero attached hydrogens (tertiary/aromatic N) is 3. The number of rotatable bonds is 6. The molecule has 2 aromatic heterocycles. The normalized spacial score (nSPS) is 13.8. The van der Waals surface area contributed by atoms with E-state index in [2.05, 4.69) is 35.9 Å². The highest BCUT2D eigenvalue weighted by atomic mass is 16.2. The molecule has 150 valence electrons. The van der Waals surface area contributed by atoms with Gasteiger partial charge in [-0.2, -0.15) is 0 Å². The zero-order valence-electron chi connectivity index (χ0n) is 17.4. The summed E-state index contributed by atoms with van der Waals surface area (Å²) < 4.78 is 0. The highest BCUT2D eigenvalue weighted by Crippen LogP contribution is 2.39. The summed E-state index contributed by atoms with van der Waals surface area (Å²) in [5.41, 5.74) is 10.5. The number of fused-ring (bicyclic) bond motifs is 1. The van der Waals surface area contributed by atoms with E-state index in [1.807, 2.05) is 42.3 Å². The third-order valence-electron chi connectivity index (χ3n) is 5.41. The maximum absolute atomic E-state index is 13.3. The van der Waals surface area contributed by atoms with Gasteiger partial charge >= 0.3 is 0 Å². The van der Waals surface area contributed by atoms with Crippen LogP contribution >= 0.6 is 0 Å². The molecule has 0 aliphatic heterocycles. The van der Waals surface area contributed by atoms with Gasteiger partial charge in [0.1, 0.15) is 5.82 Å². The fourth-order valence-corrected chi connectivity index (χ4v) is 3.66. The minimum absolute atomic E-state index is 0.0168. The van der Waals surface area contributed by atoms with E-state index in [1.165, 1.54) is 18.4 Å². The largest absolute Gasteiger partial charge is 0.383 e. The molecule has 1 fully saturated rings. The van der Waals surface area contributed by atoms with E-state index in [0.717, 1.165) is 22.2 Å². The first-order valence-electron chi connectivity index (χ1n) is 10.3. The molecule has 4 rings (SSSR count). The number of nitrogens with two attached hydrogens (primary N) is 1. The van der Waals surface area contributed by atoms with E-state index in [-0.39, 0.29) is 5.91 Å². The molecule has 0 spiro atoms. The summed E-state index contributed by atoms with van der Waals surface area (Å²) >= 11 is 0. The number of amides is 1. The van der Waals surface area contributed by atoms with Crippen LogP contribution in [0.25, 0.3) is 10.9 Å². The number of anilines is 1. The first-order chi connectivity index (χ1) is 13.9. The molecule has 0 saturated heterocycles. The van der Waals surface area contributed by atoms with Gasteiger partial charge < -0.3 is 10.6 Å². The molecule has 5 heteroatoms. The third-order valence-corrected chi connectivity index (χ3v) is 5.41. The van der Waals surface area contributed by atoms with E-state index in [4.69, 9.17) is 5.73 Å². The molecule has 1 aliphatic carbocycles. The second-order valence-corrected chi connectivity index (χ2v) is 8.53. The van der Waals surface area contributed by atoms with Gasteiger partial charge in [0.25, 0.3) is 5.91 Å². The predicted octanol–water partition coefficient (Wildman–Crippen LogP) is 4.70. The van der Waals surface area contributed by atoms with Crippen molar-refractivity contribution in [1.29, 1.82) is 0 Å². The predicted molar refractivity (Wildman–Crippen MR) is 117 cm³/mol. The maximum Gasteiger partial charge on any atom is 0.254 e. The van der Waals surface area contributed by atoms with Gasteiger partial charge in [0, 0.05) is 23.7 Å². The number of hydrogen-bond acceptors (Lipinski definition) is 4. The highest BCUT2D eigenvalue weighted by molar-refractivity contribution is 5.98. The van der Waals surface area contributed by atoms with Gasteiger partial charge in [-0.15, -0.1) is 0 Å². The number of carbonyl (C=O) groups excluding carboxylic acids is 1. The summed E-state index contributed by atoms with van der Waals surface area (Å²) in [5.74, 6) is 1.60. The summed E-state index contributed by atoms with van der Waals surface area (Å²) in [6.07, 6.45) is 4.50. The molecule has 1 aromatic carbocycles. The van der Waals surface area contributed by atoms with E-state index in [1.54, 1.807) is 0 Å². The van der Waals surface area contributed by atoms with Crippen molar-refractivity contribution in [2.24, 2.45) is 5.92 Å². The van der Waals surface area contributed by atoms with Crippen molar-refractivity contribution in [2.45, 2.75) is 46.1 Å². The molecule has 1 aliphatic rings. The Morgan fingerprint density at radius 2 is 2.00 bits per heavy atom. The molecule has 3 aromatic rings. The molecule has 5 nitrogen and oxygen atoms in total. The Morgan fingerprint density at radius 3 is 2.66 bits per heavy atom. The van der Waals surface area contributed by atoms with Crippen LogP contribution in [0, 0.1) is 12.8 Å². The summed E-state index contributed by atoms with van der Waals surface area (Å²) in [4.78, 5) is 24.2. The number of carbonyl (C=O) groups is 1. The molecule has 0 unspecified atom stereocenters. The molecule has 0 bridgehead atoms. The zero-order chi connectivity index (χ0) is 20.5. The van der Waals surface area contributed by atoms with Gasteiger partial charge in [-0.05, 0) is 73.1 Å². The summed E-state index contributed by atoms with van der Waals surface area (Å²) in [5, 5.41) is 0.930. The Morgan fingerprint density at radius 1 is 1.21 bits per heavy atom. The van der Waals surface area contributed by atoms with Crippen molar-refractivity contribution in [1.82, 2.24) is 14.9 Å². The van der Waals surface area contributed by atoms with Crippen molar-refractivity contribution in [2.75, 3.05) is 12.3 Å². The summed E-state index contributed by atoms with van der Waals surface area (Å²) in [7, 11) is 0. The Hall–Kier alpha value is -2.95. The maximum atomic E-state index is 13.3. The topological polar surface area (TPSA) is 72.1 Å². The van der Waals surface area contributed by atoms with Crippen LogP contribution in [-0.4, -0.2) is 27.3 Å².